The third-order valence-electron chi connectivity index (χ3n) is 2.24. The molecule has 1 aromatic heterocycles. The van der Waals surface area contributed by atoms with E-state index < -0.39 is 0 Å². The molecule has 1 fully saturated rings. The maximum Gasteiger partial charge on any atom is 0.229 e. The summed E-state index contributed by atoms with van der Waals surface area (Å²) in [6.07, 6.45) is 4.42. The quantitative estimate of drug-likeness (QED) is 0.691. The number of rotatable bonds is 5. The van der Waals surface area contributed by atoms with Crippen LogP contribution in [0.25, 0.3) is 0 Å². The van der Waals surface area contributed by atoms with Gasteiger partial charge in [-0.05, 0) is 32.9 Å². The van der Waals surface area contributed by atoms with E-state index >= 15 is 0 Å². The molecule has 0 spiro atoms. The Morgan fingerprint density at radius 2 is 2.38 bits per heavy atom. The standard InChI is InChI=1S/C9H15N3O/c1-10-6-2-3-8-11-9(13-12-8)7-4-5-7/h7,10H,2-6H2,1H3. The van der Waals surface area contributed by atoms with Gasteiger partial charge in [-0.3, -0.25) is 0 Å². The molecule has 0 saturated heterocycles. The first-order valence-corrected chi connectivity index (χ1v) is 4.87. The van der Waals surface area contributed by atoms with Crippen LogP contribution >= 0.6 is 0 Å². The maximum atomic E-state index is 5.14. The van der Waals surface area contributed by atoms with Crippen molar-refractivity contribution < 1.29 is 4.52 Å². The molecule has 72 valence electrons. The van der Waals surface area contributed by atoms with Crippen molar-refractivity contribution in [1.29, 1.82) is 0 Å². The molecule has 0 bridgehead atoms. The van der Waals surface area contributed by atoms with Gasteiger partial charge in [0, 0.05) is 12.3 Å². The lowest BCUT2D eigenvalue weighted by molar-refractivity contribution is 0.373. The number of aromatic nitrogens is 2. The van der Waals surface area contributed by atoms with Gasteiger partial charge in [-0.2, -0.15) is 4.98 Å². The molecule has 1 heterocycles. The van der Waals surface area contributed by atoms with Crippen molar-refractivity contribution in [2.45, 2.75) is 31.6 Å². The molecule has 0 aliphatic heterocycles. The van der Waals surface area contributed by atoms with Gasteiger partial charge >= 0.3 is 0 Å². The first-order chi connectivity index (χ1) is 6.40. The zero-order chi connectivity index (χ0) is 9.10. The molecule has 4 nitrogen and oxygen atoms in total. The molecule has 0 aromatic carbocycles. The van der Waals surface area contributed by atoms with E-state index in [1.54, 1.807) is 0 Å². The highest BCUT2D eigenvalue weighted by Gasteiger charge is 2.29. The Morgan fingerprint density at radius 1 is 1.54 bits per heavy atom. The van der Waals surface area contributed by atoms with E-state index in [9.17, 15) is 0 Å². The maximum absolute atomic E-state index is 5.14. The van der Waals surface area contributed by atoms with Crippen LogP contribution in [-0.2, 0) is 6.42 Å². The highest BCUT2D eigenvalue weighted by atomic mass is 16.5. The third-order valence-corrected chi connectivity index (χ3v) is 2.24. The SMILES string of the molecule is CNCCCc1noc(C2CC2)n1. The van der Waals surface area contributed by atoms with Gasteiger partial charge in [-0.15, -0.1) is 0 Å². The first kappa shape index (κ1) is 8.69. The predicted octanol–water partition coefficient (Wildman–Crippen LogP) is 1.10. The third kappa shape index (κ3) is 2.28. The lowest BCUT2D eigenvalue weighted by Gasteiger charge is -1.93. The second-order valence-corrected chi connectivity index (χ2v) is 3.53. The molecular weight excluding hydrogens is 166 g/mol. The normalized spacial score (nSPS) is 16.4. The molecule has 1 N–H and O–H groups in total. The Balaban J connectivity index is 1.82. The largest absolute Gasteiger partial charge is 0.339 e. The summed E-state index contributed by atoms with van der Waals surface area (Å²) in [5.41, 5.74) is 0. The van der Waals surface area contributed by atoms with E-state index in [0.717, 1.165) is 31.1 Å². The zero-order valence-electron chi connectivity index (χ0n) is 7.92. The van der Waals surface area contributed by atoms with Gasteiger partial charge in [-0.1, -0.05) is 5.16 Å². The van der Waals surface area contributed by atoms with Crippen molar-refractivity contribution in [3.63, 3.8) is 0 Å². The van der Waals surface area contributed by atoms with Crippen LogP contribution < -0.4 is 5.32 Å². The van der Waals surface area contributed by atoms with Crippen molar-refractivity contribution in [1.82, 2.24) is 15.5 Å². The van der Waals surface area contributed by atoms with Gasteiger partial charge in [-0.25, -0.2) is 0 Å². The average molecular weight is 181 g/mol. The van der Waals surface area contributed by atoms with Crippen molar-refractivity contribution in [2.24, 2.45) is 0 Å². The molecule has 2 rings (SSSR count). The van der Waals surface area contributed by atoms with Gasteiger partial charge < -0.3 is 9.84 Å². The molecule has 4 heteroatoms. The van der Waals surface area contributed by atoms with Crippen LogP contribution in [0, 0.1) is 0 Å². The summed E-state index contributed by atoms with van der Waals surface area (Å²) < 4.78 is 5.14. The molecule has 1 aromatic rings. The van der Waals surface area contributed by atoms with E-state index in [4.69, 9.17) is 4.52 Å². The van der Waals surface area contributed by atoms with Crippen molar-refractivity contribution in [3.8, 4) is 0 Å². The summed E-state index contributed by atoms with van der Waals surface area (Å²) in [4.78, 5) is 4.34. The molecule has 1 aliphatic rings. The Bertz CT molecular complexity index is 268. The van der Waals surface area contributed by atoms with E-state index in [0.29, 0.717) is 5.92 Å². The van der Waals surface area contributed by atoms with Crippen LogP contribution in [0.1, 0.15) is 36.9 Å². The average Bonchev–Trinajstić information content (AvgIpc) is 2.88. The zero-order valence-corrected chi connectivity index (χ0v) is 7.92. The fraction of sp³-hybridized carbons (Fsp3) is 0.778. The van der Waals surface area contributed by atoms with Gasteiger partial charge in [0.2, 0.25) is 5.89 Å². The summed E-state index contributed by atoms with van der Waals surface area (Å²) in [7, 11) is 1.95. The fourth-order valence-corrected chi connectivity index (χ4v) is 1.29. The molecular formula is C9H15N3O. The lowest BCUT2D eigenvalue weighted by Crippen LogP contribution is -2.08. The van der Waals surface area contributed by atoms with E-state index in [-0.39, 0.29) is 0 Å². The van der Waals surface area contributed by atoms with Crippen LogP contribution in [0.5, 0.6) is 0 Å². The van der Waals surface area contributed by atoms with Crippen molar-refractivity contribution in [3.05, 3.63) is 11.7 Å². The highest BCUT2D eigenvalue weighted by Crippen LogP contribution is 2.38. The second kappa shape index (κ2) is 3.87. The van der Waals surface area contributed by atoms with Crippen LogP contribution in [0.3, 0.4) is 0 Å². The fourth-order valence-electron chi connectivity index (χ4n) is 1.29. The topological polar surface area (TPSA) is 51.0 Å². The summed E-state index contributed by atoms with van der Waals surface area (Å²) in [6, 6.07) is 0. The Morgan fingerprint density at radius 3 is 3.08 bits per heavy atom. The van der Waals surface area contributed by atoms with Gasteiger partial charge in [0.05, 0.1) is 0 Å². The molecule has 0 radical (unpaired) electrons. The van der Waals surface area contributed by atoms with Crippen LogP contribution in [0.2, 0.25) is 0 Å². The molecule has 0 amide bonds. The number of hydrogen-bond donors (Lipinski definition) is 1. The van der Waals surface area contributed by atoms with Gasteiger partial charge in [0.1, 0.15) is 0 Å². The summed E-state index contributed by atoms with van der Waals surface area (Å²) >= 11 is 0. The van der Waals surface area contributed by atoms with Crippen molar-refractivity contribution >= 4 is 0 Å². The Labute approximate surface area is 77.7 Å². The number of hydrogen-bond acceptors (Lipinski definition) is 4. The number of nitrogens with zero attached hydrogens (tertiary/aromatic N) is 2. The van der Waals surface area contributed by atoms with Gasteiger partial charge in [0.15, 0.2) is 5.82 Å². The minimum Gasteiger partial charge on any atom is -0.339 e. The summed E-state index contributed by atoms with van der Waals surface area (Å²) in [5.74, 6) is 2.28. The van der Waals surface area contributed by atoms with E-state index in [1.807, 2.05) is 7.05 Å². The monoisotopic (exact) mass is 181 g/mol. The smallest absolute Gasteiger partial charge is 0.229 e. The van der Waals surface area contributed by atoms with E-state index in [2.05, 4.69) is 15.5 Å². The summed E-state index contributed by atoms with van der Waals surface area (Å²) in [5, 5.41) is 7.03. The van der Waals surface area contributed by atoms with Crippen LogP contribution in [-0.4, -0.2) is 23.7 Å². The molecule has 1 saturated carbocycles. The van der Waals surface area contributed by atoms with Gasteiger partial charge in [0.25, 0.3) is 0 Å². The molecule has 0 atom stereocenters. The highest BCUT2D eigenvalue weighted by molar-refractivity contribution is 5.01. The molecule has 1 aliphatic carbocycles. The molecule has 13 heavy (non-hydrogen) atoms. The number of nitrogens with one attached hydrogen (secondary N) is 1. The number of aryl methyl sites for hydroxylation is 1. The minimum atomic E-state index is 0.575. The van der Waals surface area contributed by atoms with Crippen LogP contribution in [0.15, 0.2) is 4.52 Å². The Kier molecular flexibility index (Phi) is 2.59. The Hall–Kier alpha value is -0.900. The van der Waals surface area contributed by atoms with Crippen LogP contribution in [0.4, 0.5) is 0 Å². The van der Waals surface area contributed by atoms with Crippen molar-refractivity contribution in [2.75, 3.05) is 13.6 Å². The first-order valence-electron chi connectivity index (χ1n) is 4.87. The predicted molar refractivity (Wildman–Crippen MR) is 48.5 cm³/mol. The molecule has 0 unspecified atom stereocenters. The van der Waals surface area contributed by atoms with E-state index in [1.165, 1.54) is 12.8 Å². The minimum absolute atomic E-state index is 0.575. The second-order valence-electron chi connectivity index (χ2n) is 3.53. The lowest BCUT2D eigenvalue weighted by atomic mass is 10.3. The summed E-state index contributed by atoms with van der Waals surface area (Å²) in [6.45, 7) is 1.01.